The van der Waals surface area contributed by atoms with Crippen LogP contribution >= 0.6 is 0 Å². The Balaban J connectivity index is 1.69. The molecule has 3 aromatic carbocycles. The van der Waals surface area contributed by atoms with Crippen molar-refractivity contribution in [2.75, 3.05) is 0 Å². The molecule has 0 fully saturated rings. The molecule has 1 N–H and O–H groups in total. The third-order valence-electron chi connectivity index (χ3n) is 4.31. The van der Waals surface area contributed by atoms with Crippen molar-refractivity contribution >= 4 is 5.78 Å². The van der Waals surface area contributed by atoms with Crippen LogP contribution in [0.1, 0.15) is 27.0 Å². The van der Waals surface area contributed by atoms with E-state index in [0.29, 0.717) is 29.5 Å². The normalized spacial score (nSPS) is 10.8. The molecule has 0 saturated heterocycles. The Labute approximate surface area is 154 Å². The summed E-state index contributed by atoms with van der Waals surface area (Å²) in [5.74, 6) is -2.01. The average molecular weight is 370 g/mol. The second kappa shape index (κ2) is 8.08. The van der Waals surface area contributed by atoms with Gasteiger partial charge in [-0.05, 0) is 72.0 Å². The Bertz CT molecular complexity index is 983. The molecule has 0 aliphatic carbocycles. The number of Topliss-reactive ketones (excluding diaryl/α,β-unsaturated/α-hetero) is 1. The van der Waals surface area contributed by atoms with E-state index >= 15 is 0 Å². The van der Waals surface area contributed by atoms with Crippen LogP contribution in [-0.2, 0) is 19.3 Å². The van der Waals surface area contributed by atoms with Crippen LogP contribution in [0.4, 0.5) is 13.2 Å². The monoisotopic (exact) mass is 370 g/mol. The van der Waals surface area contributed by atoms with Gasteiger partial charge in [-0.3, -0.25) is 4.79 Å². The van der Waals surface area contributed by atoms with Gasteiger partial charge in [-0.2, -0.15) is 0 Å². The predicted octanol–water partition coefficient (Wildman–Crippen LogP) is 5.02. The highest BCUT2D eigenvalue weighted by atomic mass is 19.1. The van der Waals surface area contributed by atoms with Crippen LogP contribution in [0.2, 0.25) is 0 Å². The van der Waals surface area contributed by atoms with E-state index in [0.717, 1.165) is 6.07 Å². The van der Waals surface area contributed by atoms with Gasteiger partial charge in [-0.25, -0.2) is 13.2 Å². The minimum atomic E-state index is -0.655. The zero-order valence-electron chi connectivity index (χ0n) is 14.4. The number of benzene rings is 3. The summed E-state index contributed by atoms with van der Waals surface area (Å²) < 4.78 is 40.8. The molecule has 0 amide bonds. The van der Waals surface area contributed by atoms with Gasteiger partial charge in [0.1, 0.15) is 23.2 Å². The molecule has 0 atom stereocenters. The van der Waals surface area contributed by atoms with Crippen molar-refractivity contribution in [1.29, 1.82) is 0 Å². The van der Waals surface area contributed by atoms with E-state index in [1.54, 1.807) is 12.1 Å². The lowest BCUT2D eigenvalue weighted by molar-refractivity contribution is 0.0989. The fraction of sp³-hybridized carbons (Fsp3) is 0.136. The highest BCUT2D eigenvalue weighted by Gasteiger charge is 2.14. The van der Waals surface area contributed by atoms with Crippen molar-refractivity contribution in [3.63, 3.8) is 0 Å². The summed E-state index contributed by atoms with van der Waals surface area (Å²) in [4.78, 5) is 12.3. The van der Waals surface area contributed by atoms with Crippen molar-refractivity contribution in [2.24, 2.45) is 0 Å². The van der Waals surface area contributed by atoms with Crippen LogP contribution in [-0.4, -0.2) is 10.9 Å². The summed E-state index contributed by atoms with van der Waals surface area (Å²) in [6, 6.07) is 13.6. The first-order chi connectivity index (χ1) is 12.9. The predicted molar refractivity (Wildman–Crippen MR) is 96.3 cm³/mol. The zero-order valence-corrected chi connectivity index (χ0v) is 14.4. The zero-order chi connectivity index (χ0) is 19.4. The molecule has 0 heterocycles. The van der Waals surface area contributed by atoms with Crippen molar-refractivity contribution in [1.82, 2.24) is 0 Å². The lowest BCUT2D eigenvalue weighted by Gasteiger charge is -2.08. The highest BCUT2D eigenvalue weighted by Crippen LogP contribution is 2.21. The molecule has 2 nitrogen and oxygen atoms in total. The molecule has 0 aromatic heterocycles. The number of hydrogen-bond donors (Lipinski definition) is 1. The maximum absolute atomic E-state index is 14.3. The number of halogens is 3. The van der Waals surface area contributed by atoms with Gasteiger partial charge in [-0.15, -0.1) is 0 Å². The fourth-order valence-electron chi connectivity index (χ4n) is 2.90. The summed E-state index contributed by atoms with van der Waals surface area (Å²) in [7, 11) is 0. The Morgan fingerprint density at radius 3 is 2.33 bits per heavy atom. The average Bonchev–Trinajstić information content (AvgIpc) is 2.62. The lowest BCUT2D eigenvalue weighted by atomic mass is 9.98. The van der Waals surface area contributed by atoms with E-state index in [2.05, 4.69) is 0 Å². The van der Waals surface area contributed by atoms with Gasteiger partial charge in [0.2, 0.25) is 0 Å². The molecule has 27 heavy (non-hydrogen) atoms. The van der Waals surface area contributed by atoms with Crippen LogP contribution in [0.3, 0.4) is 0 Å². The van der Waals surface area contributed by atoms with Gasteiger partial charge < -0.3 is 5.11 Å². The molecule has 3 aromatic rings. The second-order valence-electron chi connectivity index (χ2n) is 6.32. The van der Waals surface area contributed by atoms with Crippen LogP contribution in [0.15, 0.2) is 60.7 Å². The number of aromatic hydroxyl groups is 1. The third-order valence-corrected chi connectivity index (χ3v) is 4.31. The van der Waals surface area contributed by atoms with Crippen LogP contribution in [0.5, 0.6) is 5.75 Å². The van der Waals surface area contributed by atoms with Crippen molar-refractivity contribution < 1.29 is 23.1 Å². The molecular weight excluding hydrogens is 353 g/mol. The van der Waals surface area contributed by atoms with Crippen molar-refractivity contribution in [3.8, 4) is 5.75 Å². The van der Waals surface area contributed by atoms with E-state index in [1.807, 2.05) is 0 Å². The largest absolute Gasteiger partial charge is 0.508 e. The topological polar surface area (TPSA) is 37.3 Å². The molecule has 0 unspecified atom stereocenters. The summed E-state index contributed by atoms with van der Waals surface area (Å²) in [5.41, 5.74) is 1.47. The first kappa shape index (κ1) is 18.7. The minimum absolute atomic E-state index is 0.0150. The molecular formula is C22H17F3O2. The van der Waals surface area contributed by atoms with E-state index < -0.39 is 23.2 Å². The maximum atomic E-state index is 14.3. The molecule has 0 bridgehead atoms. The number of aryl methyl sites for hydroxylation is 2. The van der Waals surface area contributed by atoms with Gasteiger partial charge in [0.15, 0.2) is 5.78 Å². The third kappa shape index (κ3) is 4.76. The Kier molecular flexibility index (Phi) is 5.60. The van der Waals surface area contributed by atoms with Crippen LogP contribution in [0, 0.1) is 17.5 Å². The standard InChI is InChI=1S/C22H17F3O2/c23-17-3-1-2-15(10-17)12-22(27)19-8-5-14(11-20(19)25)4-6-16-13-18(24)7-9-21(16)26/h1-3,5,7-11,13,26H,4,6,12H2. The number of carbonyl (C=O) groups is 1. The number of phenols is 1. The van der Waals surface area contributed by atoms with Crippen molar-refractivity contribution in [2.45, 2.75) is 19.3 Å². The Morgan fingerprint density at radius 2 is 1.59 bits per heavy atom. The number of phenolic OH excluding ortho intramolecular Hbond substituents is 1. The second-order valence-corrected chi connectivity index (χ2v) is 6.32. The summed E-state index contributed by atoms with van der Waals surface area (Å²) >= 11 is 0. The number of ketones is 1. The van der Waals surface area contributed by atoms with E-state index in [4.69, 9.17) is 0 Å². The number of rotatable bonds is 6. The van der Waals surface area contributed by atoms with E-state index in [9.17, 15) is 23.1 Å². The highest BCUT2D eigenvalue weighted by molar-refractivity contribution is 5.97. The molecule has 5 heteroatoms. The molecule has 138 valence electrons. The van der Waals surface area contributed by atoms with Gasteiger partial charge in [0, 0.05) is 6.42 Å². The maximum Gasteiger partial charge on any atom is 0.170 e. The lowest BCUT2D eigenvalue weighted by Crippen LogP contribution is -2.07. The molecule has 0 saturated carbocycles. The Hall–Kier alpha value is -3.08. The number of carbonyl (C=O) groups excluding carboxylic acids is 1. The molecule has 0 spiro atoms. The van der Waals surface area contributed by atoms with Crippen LogP contribution < -0.4 is 0 Å². The number of hydrogen-bond acceptors (Lipinski definition) is 2. The van der Waals surface area contributed by atoms with Crippen LogP contribution in [0.25, 0.3) is 0 Å². The van der Waals surface area contributed by atoms with Gasteiger partial charge in [-0.1, -0.05) is 18.2 Å². The van der Waals surface area contributed by atoms with Gasteiger partial charge in [0.25, 0.3) is 0 Å². The molecule has 0 radical (unpaired) electrons. The summed E-state index contributed by atoms with van der Waals surface area (Å²) in [6.45, 7) is 0. The van der Waals surface area contributed by atoms with E-state index in [1.165, 1.54) is 42.5 Å². The van der Waals surface area contributed by atoms with Crippen molar-refractivity contribution in [3.05, 3.63) is 100 Å². The Morgan fingerprint density at radius 1 is 0.815 bits per heavy atom. The molecule has 0 aliphatic heterocycles. The summed E-state index contributed by atoms with van der Waals surface area (Å²) in [5, 5.41) is 9.73. The van der Waals surface area contributed by atoms with Gasteiger partial charge in [0.05, 0.1) is 5.56 Å². The first-order valence-corrected chi connectivity index (χ1v) is 8.46. The SMILES string of the molecule is O=C(Cc1cccc(F)c1)c1ccc(CCc2cc(F)ccc2O)cc1F. The summed E-state index contributed by atoms with van der Waals surface area (Å²) in [6.07, 6.45) is 0.622. The minimum Gasteiger partial charge on any atom is -0.508 e. The molecule has 0 aliphatic rings. The molecule has 3 rings (SSSR count). The van der Waals surface area contributed by atoms with E-state index in [-0.39, 0.29) is 17.7 Å². The smallest absolute Gasteiger partial charge is 0.170 e. The fourth-order valence-corrected chi connectivity index (χ4v) is 2.90. The first-order valence-electron chi connectivity index (χ1n) is 8.46. The van der Waals surface area contributed by atoms with Gasteiger partial charge >= 0.3 is 0 Å². The quantitative estimate of drug-likeness (QED) is 0.619.